The van der Waals surface area contributed by atoms with Gasteiger partial charge in [-0.2, -0.15) is 0 Å². The van der Waals surface area contributed by atoms with Crippen molar-refractivity contribution in [3.8, 4) is 0 Å². The summed E-state index contributed by atoms with van der Waals surface area (Å²) < 4.78 is 0. The molecule has 3 heteroatoms. The molecule has 0 radical (unpaired) electrons. The lowest BCUT2D eigenvalue weighted by Gasteiger charge is -2.49. The monoisotopic (exact) mass is 300 g/mol. The van der Waals surface area contributed by atoms with Gasteiger partial charge in [0.1, 0.15) is 0 Å². The number of rotatable bonds is 2. The van der Waals surface area contributed by atoms with Crippen LogP contribution in [0.1, 0.15) is 54.4 Å². The van der Waals surface area contributed by atoms with E-state index in [9.17, 15) is 4.79 Å². The molecule has 22 heavy (non-hydrogen) atoms. The molecule has 0 unspecified atom stereocenters. The van der Waals surface area contributed by atoms with Crippen molar-refractivity contribution in [2.45, 2.75) is 57.0 Å². The first-order chi connectivity index (χ1) is 10.5. The number of nitrogens with zero attached hydrogens (tertiary/aromatic N) is 2. The predicted molar refractivity (Wildman–Crippen MR) is 90.1 cm³/mol. The molecular weight excluding hydrogens is 272 g/mol. The highest BCUT2D eigenvalue weighted by Crippen LogP contribution is 2.43. The smallest absolute Gasteiger partial charge is 0.253 e. The van der Waals surface area contributed by atoms with Crippen LogP contribution in [0.3, 0.4) is 0 Å². The van der Waals surface area contributed by atoms with Crippen LogP contribution in [0, 0.1) is 6.92 Å². The SMILES string of the molecule is Cc1ccc(C(=O)N(C)[C@H]2CCCC[C@@]23CCCN3C)cc1. The number of carbonyl (C=O) groups excluding carboxylic acids is 1. The van der Waals surface area contributed by atoms with Crippen molar-refractivity contribution >= 4 is 5.91 Å². The second kappa shape index (κ2) is 6.04. The lowest BCUT2D eigenvalue weighted by Crippen LogP contribution is -2.60. The minimum absolute atomic E-state index is 0.173. The van der Waals surface area contributed by atoms with Gasteiger partial charge in [-0.05, 0) is 58.3 Å². The van der Waals surface area contributed by atoms with Crippen LogP contribution in [0.5, 0.6) is 0 Å². The molecule has 120 valence electrons. The normalized spacial score (nSPS) is 29.0. The van der Waals surface area contributed by atoms with Gasteiger partial charge >= 0.3 is 0 Å². The van der Waals surface area contributed by atoms with Gasteiger partial charge in [-0.15, -0.1) is 0 Å². The summed E-state index contributed by atoms with van der Waals surface area (Å²) in [5.41, 5.74) is 2.23. The molecule has 1 aromatic rings. The van der Waals surface area contributed by atoms with Crippen molar-refractivity contribution in [3.63, 3.8) is 0 Å². The molecule has 1 saturated carbocycles. The van der Waals surface area contributed by atoms with Crippen molar-refractivity contribution in [1.29, 1.82) is 0 Å². The summed E-state index contributed by atoms with van der Waals surface area (Å²) in [7, 11) is 4.25. The number of amides is 1. The van der Waals surface area contributed by atoms with Crippen LogP contribution in [0.25, 0.3) is 0 Å². The van der Waals surface area contributed by atoms with E-state index in [0.29, 0.717) is 6.04 Å². The first-order valence-corrected chi connectivity index (χ1v) is 8.60. The molecule has 1 spiro atoms. The number of benzene rings is 1. The van der Waals surface area contributed by atoms with Gasteiger partial charge in [0, 0.05) is 18.2 Å². The lowest BCUT2D eigenvalue weighted by molar-refractivity contribution is 0.0158. The second-order valence-corrected chi connectivity index (χ2v) is 7.17. The molecule has 1 amide bonds. The Hall–Kier alpha value is -1.35. The highest BCUT2D eigenvalue weighted by Gasteiger charge is 2.48. The Morgan fingerprint density at radius 1 is 1.18 bits per heavy atom. The third-order valence-electron chi connectivity index (χ3n) is 5.91. The van der Waals surface area contributed by atoms with Crippen molar-refractivity contribution in [1.82, 2.24) is 9.80 Å². The minimum Gasteiger partial charge on any atom is -0.337 e. The Labute approximate surface area is 134 Å². The summed E-state index contributed by atoms with van der Waals surface area (Å²) in [5.74, 6) is 0.173. The maximum Gasteiger partial charge on any atom is 0.253 e. The van der Waals surface area contributed by atoms with E-state index >= 15 is 0 Å². The summed E-state index contributed by atoms with van der Waals surface area (Å²) in [6, 6.07) is 8.32. The molecule has 0 aromatic heterocycles. The summed E-state index contributed by atoms with van der Waals surface area (Å²) >= 11 is 0. The maximum absolute atomic E-state index is 12.9. The van der Waals surface area contributed by atoms with Crippen LogP contribution >= 0.6 is 0 Å². The molecule has 1 heterocycles. The van der Waals surface area contributed by atoms with E-state index in [1.54, 1.807) is 0 Å². The number of hydrogen-bond donors (Lipinski definition) is 0. The van der Waals surface area contributed by atoms with E-state index in [1.807, 2.05) is 36.2 Å². The Morgan fingerprint density at radius 3 is 2.50 bits per heavy atom. The third kappa shape index (κ3) is 2.56. The van der Waals surface area contributed by atoms with Crippen molar-refractivity contribution < 1.29 is 4.79 Å². The molecule has 3 nitrogen and oxygen atoms in total. The average molecular weight is 300 g/mol. The summed E-state index contributed by atoms with van der Waals surface area (Å²) in [6.07, 6.45) is 7.41. The Kier molecular flexibility index (Phi) is 4.26. The van der Waals surface area contributed by atoms with E-state index in [1.165, 1.54) is 44.2 Å². The van der Waals surface area contributed by atoms with Gasteiger partial charge in [-0.25, -0.2) is 0 Å². The molecule has 2 aliphatic rings. The first kappa shape index (κ1) is 15.5. The molecule has 2 fully saturated rings. The van der Waals surface area contributed by atoms with E-state index in [0.717, 1.165) is 12.0 Å². The molecule has 3 rings (SSSR count). The standard InChI is InChI=1S/C19H28N2O/c1-15-8-10-16(11-9-15)18(22)21(3)17-7-4-5-12-19(17)13-6-14-20(19)2/h8-11,17H,4-7,12-14H2,1-3H3/t17-,19+/m0/s1. The zero-order valence-electron chi connectivity index (χ0n) is 14.1. The molecule has 0 bridgehead atoms. The molecule has 1 aliphatic heterocycles. The molecule has 1 saturated heterocycles. The Morgan fingerprint density at radius 2 is 1.86 bits per heavy atom. The predicted octanol–water partition coefficient (Wildman–Crippen LogP) is 3.47. The van der Waals surface area contributed by atoms with Gasteiger partial charge in [-0.3, -0.25) is 9.69 Å². The second-order valence-electron chi connectivity index (χ2n) is 7.17. The number of hydrogen-bond acceptors (Lipinski definition) is 2. The van der Waals surface area contributed by atoms with Gasteiger partial charge in [0.15, 0.2) is 0 Å². The van der Waals surface area contributed by atoms with Crippen LogP contribution in [-0.2, 0) is 0 Å². The molecule has 1 aromatic carbocycles. The number of likely N-dealkylation sites (N-methyl/N-ethyl adjacent to an activating group) is 2. The van der Waals surface area contributed by atoms with E-state index < -0.39 is 0 Å². The Balaban J connectivity index is 1.84. The van der Waals surface area contributed by atoms with Crippen LogP contribution in [0.15, 0.2) is 24.3 Å². The van der Waals surface area contributed by atoms with Gasteiger partial charge < -0.3 is 4.90 Å². The van der Waals surface area contributed by atoms with Gasteiger partial charge in [0.25, 0.3) is 5.91 Å². The van der Waals surface area contributed by atoms with Crippen molar-refractivity contribution in [2.24, 2.45) is 0 Å². The van der Waals surface area contributed by atoms with E-state index in [4.69, 9.17) is 0 Å². The molecule has 0 N–H and O–H groups in total. The van der Waals surface area contributed by atoms with E-state index in [-0.39, 0.29) is 11.4 Å². The zero-order valence-corrected chi connectivity index (χ0v) is 14.1. The van der Waals surface area contributed by atoms with Crippen LogP contribution < -0.4 is 0 Å². The zero-order chi connectivity index (χ0) is 15.7. The average Bonchev–Trinajstić information content (AvgIpc) is 2.88. The van der Waals surface area contributed by atoms with Gasteiger partial charge in [0.05, 0.1) is 6.04 Å². The van der Waals surface area contributed by atoms with Crippen LogP contribution in [0.2, 0.25) is 0 Å². The summed E-state index contributed by atoms with van der Waals surface area (Å²) in [6.45, 7) is 3.23. The number of carbonyl (C=O) groups is 1. The first-order valence-electron chi connectivity index (χ1n) is 8.60. The van der Waals surface area contributed by atoms with Crippen molar-refractivity contribution in [2.75, 3.05) is 20.6 Å². The van der Waals surface area contributed by atoms with E-state index in [2.05, 4.69) is 18.9 Å². The van der Waals surface area contributed by atoms with Crippen molar-refractivity contribution in [3.05, 3.63) is 35.4 Å². The quantitative estimate of drug-likeness (QED) is 0.835. The summed E-state index contributed by atoms with van der Waals surface area (Å²) in [5, 5.41) is 0. The molecule has 2 atom stereocenters. The Bertz CT molecular complexity index is 539. The van der Waals surface area contributed by atoms with Crippen LogP contribution in [-0.4, -0.2) is 47.9 Å². The largest absolute Gasteiger partial charge is 0.337 e. The number of aryl methyl sites for hydroxylation is 1. The highest BCUT2D eigenvalue weighted by atomic mass is 16.2. The topological polar surface area (TPSA) is 23.6 Å². The number of likely N-dealkylation sites (tertiary alicyclic amines) is 1. The van der Waals surface area contributed by atoms with Gasteiger partial charge in [0.2, 0.25) is 0 Å². The fraction of sp³-hybridized carbons (Fsp3) is 0.632. The van der Waals surface area contributed by atoms with Gasteiger partial charge in [-0.1, -0.05) is 30.5 Å². The summed E-state index contributed by atoms with van der Waals surface area (Å²) in [4.78, 5) is 17.5. The third-order valence-corrected chi connectivity index (χ3v) is 5.91. The maximum atomic E-state index is 12.9. The molecular formula is C19H28N2O. The highest BCUT2D eigenvalue weighted by molar-refractivity contribution is 5.94. The lowest BCUT2D eigenvalue weighted by atomic mass is 9.75. The molecule has 1 aliphatic carbocycles. The minimum atomic E-state index is 0.173. The fourth-order valence-electron chi connectivity index (χ4n) is 4.57. The van der Waals surface area contributed by atoms with Crippen LogP contribution in [0.4, 0.5) is 0 Å². The fourth-order valence-corrected chi connectivity index (χ4v) is 4.57.